The average Bonchev–Trinajstić information content (AvgIpc) is 3.20. The number of fused-ring (bicyclic) bond motifs is 3. The summed E-state index contributed by atoms with van der Waals surface area (Å²) in [4.78, 5) is 12.6. The molecule has 4 atom stereocenters. The van der Waals surface area contributed by atoms with E-state index in [1.165, 1.54) is 5.57 Å². The van der Waals surface area contributed by atoms with Crippen molar-refractivity contribution in [3.8, 4) is 5.75 Å². The lowest BCUT2D eigenvalue weighted by Gasteiger charge is -2.19. The van der Waals surface area contributed by atoms with Crippen LogP contribution in [0.25, 0.3) is 6.08 Å². The first-order chi connectivity index (χ1) is 12.5. The topological polar surface area (TPSA) is 48.1 Å². The Bertz CT molecular complexity index is 761. The molecule has 1 aromatic rings. The van der Waals surface area contributed by atoms with Crippen molar-refractivity contribution >= 4 is 12.0 Å². The summed E-state index contributed by atoms with van der Waals surface area (Å²) in [6.07, 6.45) is 8.04. The largest absolute Gasteiger partial charge is 0.497 e. The van der Waals surface area contributed by atoms with Gasteiger partial charge in [0.15, 0.2) is 0 Å². The molecule has 1 aromatic carbocycles. The van der Waals surface area contributed by atoms with Crippen LogP contribution in [-0.2, 0) is 14.3 Å². The van der Waals surface area contributed by atoms with Gasteiger partial charge in [0, 0.05) is 11.5 Å². The molecular weight excluding hydrogens is 328 g/mol. The van der Waals surface area contributed by atoms with Crippen molar-refractivity contribution in [2.75, 3.05) is 7.11 Å². The van der Waals surface area contributed by atoms with Gasteiger partial charge in [-0.25, -0.2) is 4.79 Å². The van der Waals surface area contributed by atoms with Crippen LogP contribution in [-0.4, -0.2) is 30.9 Å². The van der Waals surface area contributed by atoms with Crippen LogP contribution in [0.1, 0.15) is 45.1 Å². The normalized spacial score (nSPS) is 37.2. The number of methoxy groups -OCH3 is 1. The number of benzene rings is 1. The highest BCUT2D eigenvalue weighted by molar-refractivity contribution is 5.96. The quantitative estimate of drug-likeness (QED) is 0.344. The van der Waals surface area contributed by atoms with Crippen molar-refractivity contribution in [1.29, 1.82) is 0 Å². The summed E-state index contributed by atoms with van der Waals surface area (Å²) in [6, 6.07) is 7.75. The van der Waals surface area contributed by atoms with Crippen molar-refractivity contribution in [3.63, 3.8) is 0 Å². The van der Waals surface area contributed by atoms with E-state index in [0.29, 0.717) is 0 Å². The molecule has 3 aliphatic rings. The number of hydrogen-bond donors (Lipinski definition) is 0. The van der Waals surface area contributed by atoms with Crippen LogP contribution in [0.4, 0.5) is 0 Å². The molecule has 4 rings (SSSR count). The summed E-state index contributed by atoms with van der Waals surface area (Å²) in [5, 5.41) is 0. The molecular formula is C22H26O4. The summed E-state index contributed by atoms with van der Waals surface area (Å²) in [6.45, 7) is 4.31. The van der Waals surface area contributed by atoms with E-state index >= 15 is 0 Å². The molecule has 2 fully saturated rings. The van der Waals surface area contributed by atoms with Gasteiger partial charge in [-0.2, -0.15) is 0 Å². The summed E-state index contributed by atoms with van der Waals surface area (Å²) in [5.41, 5.74) is 2.98. The van der Waals surface area contributed by atoms with Gasteiger partial charge in [0.25, 0.3) is 0 Å². The lowest BCUT2D eigenvalue weighted by molar-refractivity contribution is -0.139. The second-order valence-electron chi connectivity index (χ2n) is 7.83. The Kier molecular flexibility index (Phi) is 4.39. The summed E-state index contributed by atoms with van der Waals surface area (Å²) in [7, 11) is 1.65. The molecule has 1 aliphatic carbocycles. The van der Waals surface area contributed by atoms with Crippen LogP contribution in [0.15, 0.2) is 41.5 Å². The van der Waals surface area contributed by atoms with Crippen molar-refractivity contribution in [2.24, 2.45) is 5.92 Å². The third-order valence-electron chi connectivity index (χ3n) is 5.94. The Labute approximate surface area is 154 Å². The second kappa shape index (κ2) is 6.58. The third-order valence-corrected chi connectivity index (χ3v) is 5.94. The van der Waals surface area contributed by atoms with Gasteiger partial charge in [0.05, 0.1) is 12.7 Å². The van der Waals surface area contributed by atoms with Gasteiger partial charge in [0.1, 0.15) is 18.0 Å². The average molecular weight is 354 g/mol. The number of epoxide rings is 1. The monoisotopic (exact) mass is 354 g/mol. The molecule has 0 N–H and O–H groups in total. The zero-order valence-electron chi connectivity index (χ0n) is 15.7. The summed E-state index contributed by atoms with van der Waals surface area (Å²) < 4.78 is 17.0. The number of esters is 1. The molecule has 4 nitrogen and oxygen atoms in total. The molecule has 0 amide bonds. The van der Waals surface area contributed by atoms with Gasteiger partial charge in [-0.3, -0.25) is 0 Å². The first kappa shape index (κ1) is 17.3. The van der Waals surface area contributed by atoms with Crippen LogP contribution in [0.5, 0.6) is 5.75 Å². The molecule has 0 spiro atoms. The molecule has 0 aromatic heterocycles. The van der Waals surface area contributed by atoms with Gasteiger partial charge in [-0.05, 0) is 63.3 Å². The minimum absolute atomic E-state index is 0.0185. The van der Waals surface area contributed by atoms with Crippen LogP contribution in [0.3, 0.4) is 0 Å². The number of carbonyl (C=O) groups excluding carboxylic acids is 1. The SMILES string of the molecule is COc1ccc(/C=C2/C(=O)O[C@H]3[C@H]2CC/C(C)=C/CC[C@@]2(C)O[C@@H]32)cc1. The van der Waals surface area contributed by atoms with Gasteiger partial charge in [-0.15, -0.1) is 0 Å². The van der Waals surface area contributed by atoms with E-state index in [0.717, 1.165) is 42.6 Å². The number of allylic oxidation sites excluding steroid dienone is 2. The Hall–Kier alpha value is -2.07. The zero-order valence-corrected chi connectivity index (χ0v) is 15.7. The Balaban J connectivity index is 1.64. The maximum Gasteiger partial charge on any atom is 0.334 e. The molecule has 2 saturated heterocycles. The lowest BCUT2D eigenvalue weighted by atomic mass is 9.83. The summed E-state index contributed by atoms with van der Waals surface area (Å²) in [5.74, 6) is 0.688. The first-order valence-electron chi connectivity index (χ1n) is 9.40. The van der Waals surface area contributed by atoms with Crippen LogP contribution < -0.4 is 4.74 Å². The van der Waals surface area contributed by atoms with Crippen molar-refractivity contribution < 1.29 is 19.0 Å². The van der Waals surface area contributed by atoms with Crippen molar-refractivity contribution in [3.05, 3.63) is 47.1 Å². The minimum atomic E-state index is -0.199. The molecule has 4 heteroatoms. The predicted octanol–water partition coefficient (Wildman–Crippen LogP) is 4.30. The van der Waals surface area contributed by atoms with E-state index in [1.54, 1.807) is 7.11 Å². The highest BCUT2D eigenvalue weighted by Crippen LogP contribution is 2.50. The molecule has 2 heterocycles. The highest BCUT2D eigenvalue weighted by atomic mass is 16.6. The van der Waals surface area contributed by atoms with E-state index in [-0.39, 0.29) is 29.7 Å². The Morgan fingerprint density at radius 1 is 1.27 bits per heavy atom. The number of ether oxygens (including phenoxy) is 3. The zero-order chi connectivity index (χ0) is 18.3. The molecule has 0 saturated carbocycles. The fourth-order valence-electron chi connectivity index (χ4n) is 4.20. The van der Waals surface area contributed by atoms with E-state index in [1.807, 2.05) is 30.3 Å². The van der Waals surface area contributed by atoms with Crippen LogP contribution >= 0.6 is 0 Å². The number of hydrogen-bond acceptors (Lipinski definition) is 4. The van der Waals surface area contributed by atoms with Gasteiger partial charge < -0.3 is 14.2 Å². The van der Waals surface area contributed by atoms with Gasteiger partial charge >= 0.3 is 5.97 Å². The minimum Gasteiger partial charge on any atom is -0.497 e. The van der Waals surface area contributed by atoms with E-state index in [9.17, 15) is 4.79 Å². The Morgan fingerprint density at radius 3 is 2.77 bits per heavy atom. The fraction of sp³-hybridized carbons (Fsp3) is 0.500. The smallest absolute Gasteiger partial charge is 0.334 e. The molecule has 0 bridgehead atoms. The maximum atomic E-state index is 12.6. The van der Waals surface area contributed by atoms with Crippen LogP contribution in [0, 0.1) is 5.92 Å². The fourth-order valence-corrected chi connectivity index (χ4v) is 4.20. The molecule has 0 unspecified atom stereocenters. The van der Waals surface area contributed by atoms with Gasteiger partial charge in [-0.1, -0.05) is 23.8 Å². The molecule has 0 radical (unpaired) electrons. The Morgan fingerprint density at radius 2 is 2.04 bits per heavy atom. The highest BCUT2D eigenvalue weighted by Gasteiger charge is 2.61. The molecule has 2 aliphatic heterocycles. The number of carbonyl (C=O) groups is 1. The first-order valence-corrected chi connectivity index (χ1v) is 9.40. The maximum absolute atomic E-state index is 12.6. The van der Waals surface area contributed by atoms with Crippen LogP contribution in [0.2, 0.25) is 0 Å². The van der Waals surface area contributed by atoms with Gasteiger partial charge in [0.2, 0.25) is 0 Å². The standard InChI is InChI=1S/C22H26O4/c1-14-5-4-12-22(2)20(26-22)19-17(11-6-14)18(21(23)25-19)13-15-7-9-16(24-3)10-8-15/h5,7-10,13,17,19-20H,4,6,11-12H2,1-3H3/b14-5+,18-13+/t17-,19-,20-,22+/m0/s1. The van der Waals surface area contributed by atoms with E-state index < -0.39 is 0 Å². The van der Waals surface area contributed by atoms with Crippen molar-refractivity contribution in [2.45, 2.75) is 57.3 Å². The second-order valence-corrected chi connectivity index (χ2v) is 7.83. The summed E-state index contributed by atoms with van der Waals surface area (Å²) >= 11 is 0. The molecule has 138 valence electrons. The predicted molar refractivity (Wildman–Crippen MR) is 99.8 cm³/mol. The molecule has 26 heavy (non-hydrogen) atoms. The van der Waals surface area contributed by atoms with Crippen molar-refractivity contribution in [1.82, 2.24) is 0 Å². The van der Waals surface area contributed by atoms with E-state index in [2.05, 4.69) is 19.9 Å². The lowest BCUT2D eigenvalue weighted by Crippen LogP contribution is -2.28. The third kappa shape index (κ3) is 3.18. The number of rotatable bonds is 2. The van der Waals surface area contributed by atoms with E-state index in [4.69, 9.17) is 14.2 Å².